The van der Waals surface area contributed by atoms with Crippen LogP contribution < -0.4 is 16.4 Å². The van der Waals surface area contributed by atoms with Crippen LogP contribution >= 0.6 is 0 Å². The summed E-state index contributed by atoms with van der Waals surface area (Å²) >= 11 is 0. The number of amides is 2. The molecule has 1 aliphatic rings. The van der Waals surface area contributed by atoms with Gasteiger partial charge in [0.25, 0.3) is 5.91 Å². The summed E-state index contributed by atoms with van der Waals surface area (Å²) < 4.78 is 6.88. The number of hydrogen-bond acceptors (Lipinski definition) is 5. The molecule has 8 nitrogen and oxygen atoms in total. The summed E-state index contributed by atoms with van der Waals surface area (Å²) in [5.41, 5.74) is 2.72. The highest BCUT2D eigenvalue weighted by atomic mass is 16.4. The maximum atomic E-state index is 12.9. The molecule has 1 saturated carbocycles. The minimum atomic E-state index is -0.420. The number of aromatic nitrogens is 1. The van der Waals surface area contributed by atoms with Crippen LogP contribution in [-0.4, -0.2) is 41.9 Å². The molecule has 2 N–H and O–H groups in total. The molecule has 8 heteroatoms. The van der Waals surface area contributed by atoms with Gasteiger partial charge in [-0.3, -0.25) is 14.2 Å². The summed E-state index contributed by atoms with van der Waals surface area (Å²) in [6.07, 6.45) is 5.20. The van der Waals surface area contributed by atoms with E-state index in [0.717, 1.165) is 25.7 Å². The highest BCUT2D eigenvalue weighted by Gasteiger charge is 2.21. The van der Waals surface area contributed by atoms with Gasteiger partial charge >= 0.3 is 5.76 Å². The molecule has 0 radical (unpaired) electrons. The lowest BCUT2D eigenvalue weighted by molar-refractivity contribution is -0.120. The SMILES string of the molecule is CN(C)CCn1c(=O)oc2ccc(NC(=O)c3cccc(NC(=O)C4CCCCC4)c3)cc21. The smallest absolute Gasteiger partial charge is 0.408 e. The lowest BCUT2D eigenvalue weighted by Crippen LogP contribution is -2.24. The fraction of sp³-hybridized carbons (Fsp3) is 0.400. The second-order valence-corrected chi connectivity index (χ2v) is 8.86. The quantitative estimate of drug-likeness (QED) is 0.569. The minimum absolute atomic E-state index is 0.0216. The van der Waals surface area contributed by atoms with Crippen LogP contribution in [0.5, 0.6) is 0 Å². The molecule has 2 amide bonds. The molecule has 0 spiro atoms. The van der Waals surface area contributed by atoms with Crippen molar-refractivity contribution < 1.29 is 14.0 Å². The number of oxazole rings is 1. The number of carbonyl (C=O) groups is 2. The zero-order valence-electron chi connectivity index (χ0n) is 19.1. The van der Waals surface area contributed by atoms with Crippen LogP contribution in [0.4, 0.5) is 11.4 Å². The van der Waals surface area contributed by atoms with Crippen LogP contribution in [0.15, 0.2) is 51.7 Å². The van der Waals surface area contributed by atoms with Gasteiger partial charge < -0.3 is 20.0 Å². The number of nitrogens with one attached hydrogen (secondary N) is 2. The normalized spacial score (nSPS) is 14.5. The number of nitrogens with zero attached hydrogens (tertiary/aromatic N) is 2. The topological polar surface area (TPSA) is 96.6 Å². The van der Waals surface area contributed by atoms with E-state index in [2.05, 4.69) is 10.6 Å². The fourth-order valence-corrected chi connectivity index (χ4v) is 4.20. The first kappa shape index (κ1) is 22.8. The molecule has 0 saturated heterocycles. The lowest BCUT2D eigenvalue weighted by Gasteiger charge is -2.20. The van der Waals surface area contributed by atoms with Crippen molar-refractivity contribution in [1.82, 2.24) is 9.47 Å². The van der Waals surface area contributed by atoms with Gasteiger partial charge in [-0.2, -0.15) is 0 Å². The Balaban J connectivity index is 1.47. The molecule has 33 heavy (non-hydrogen) atoms. The van der Waals surface area contributed by atoms with E-state index in [4.69, 9.17) is 4.42 Å². The maximum Gasteiger partial charge on any atom is 0.419 e. The summed E-state index contributed by atoms with van der Waals surface area (Å²) in [4.78, 5) is 39.6. The summed E-state index contributed by atoms with van der Waals surface area (Å²) in [6.45, 7) is 1.17. The molecule has 1 fully saturated rings. The van der Waals surface area contributed by atoms with Crippen LogP contribution in [0.3, 0.4) is 0 Å². The maximum absolute atomic E-state index is 12.9. The van der Waals surface area contributed by atoms with Crippen molar-refractivity contribution in [2.45, 2.75) is 38.6 Å². The van der Waals surface area contributed by atoms with E-state index in [-0.39, 0.29) is 17.7 Å². The first-order valence-electron chi connectivity index (χ1n) is 11.4. The van der Waals surface area contributed by atoms with Crippen molar-refractivity contribution in [2.24, 2.45) is 5.92 Å². The number of anilines is 2. The zero-order chi connectivity index (χ0) is 23.4. The Hall–Kier alpha value is -3.39. The fourth-order valence-electron chi connectivity index (χ4n) is 4.20. The van der Waals surface area contributed by atoms with Crippen molar-refractivity contribution in [3.05, 3.63) is 58.6 Å². The largest absolute Gasteiger partial charge is 0.419 e. The zero-order valence-corrected chi connectivity index (χ0v) is 19.1. The number of fused-ring (bicyclic) bond motifs is 1. The van der Waals surface area contributed by atoms with Gasteiger partial charge in [0, 0.05) is 35.9 Å². The monoisotopic (exact) mass is 450 g/mol. The van der Waals surface area contributed by atoms with Gasteiger partial charge in [-0.25, -0.2) is 4.79 Å². The highest BCUT2D eigenvalue weighted by molar-refractivity contribution is 6.06. The van der Waals surface area contributed by atoms with E-state index in [9.17, 15) is 14.4 Å². The van der Waals surface area contributed by atoms with Gasteiger partial charge in [0.2, 0.25) is 5.91 Å². The third-order valence-electron chi connectivity index (χ3n) is 6.06. The summed E-state index contributed by atoms with van der Waals surface area (Å²) in [5.74, 6) is -0.651. The van der Waals surface area contributed by atoms with Gasteiger partial charge in [-0.05, 0) is 63.3 Å². The number of rotatable bonds is 7. The molecule has 174 valence electrons. The molecule has 1 aromatic heterocycles. The number of carbonyl (C=O) groups excluding carboxylic acids is 2. The Labute approximate surface area is 192 Å². The Morgan fingerprint density at radius 3 is 2.55 bits per heavy atom. The van der Waals surface area contributed by atoms with Gasteiger partial charge in [-0.15, -0.1) is 0 Å². The second-order valence-electron chi connectivity index (χ2n) is 8.86. The molecule has 1 heterocycles. The average Bonchev–Trinajstić information content (AvgIpc) is 3.12. The molecule has 1 aliphatic carbocycles. The Kier molecular flexibility index (Phi) is 6.93. The van der Waals surface area contributed by atoms with Gasteiger partial charge in [0.1, 0.15) is 0 Å². The van der Waals surface area contributed by atoms with E-state index in [1.807, 2.05) is 19.0 Å². The first-order valence-corrected chi connectivity index (χ1v) is 11.4. The molecule has 2 aromatic carbocycles. The van der Waals surface area contributed by atoms with E-state index in [1.165, 1.54) is 6.42 Å². The van der Waals surface area contributed by atoms with E-state index < -0.39 is 5.76 Å². The number of likely N-dealkylation sites (N-methyl/N-ethyl adjacent to an activating group) is 1. The Bertz CT molecular complexity index is 1200. The second kappa shape index (κ2) is 10.0. The van der Waals surface area contributed by atoms with Crippen molar-refractivity contribution >= 4 is 34.3 Å². The molecule has 0 atom stereocenters. The minimum Gasteiger partial charge on any atom is -0.408 e. The van der Waals surface area contributed by atoms with Crippen molar-refractivity contribution in [1.29, 1.82) is 0 Å². The molecular formula is C25H30N4O4. The van der Waals surface area contributed by atoms with Gasteiger partial charge in [0.15, 0.2) is 5.58 Å². The molecule has 4 rings (SSSR count). The van der Waals surface area contributed by atoms with Crippen molar-refractivity contribution in [3.8, 4) is 0 Å². The highest BCUT2D eigenvalue weighted by Crippen LogP contribution is 2.25. The predicted octanol–water partition coefficient (Wildman–Crippen LogP) is 3.93. The van der Waals surface area contributed by atoms with Crippen molar-refractivity contribution in [2.75, 3.05) is 31.3 Å². The predicted molar refractivity (Wildman–Crippen MR) is 129 cm³/mol. The van der Waals surface area contributed by atoms with Crippen LogP contribution in [0.2, 0.25) is 0 Å². The van der Waals surface area contributed by atoms with Crippen LogP contribution in [0.1, 0.15) is 42.5 Å². The number of benzene rings is 2. The Morgan fingerprint density at radius 2 is 1.79 bits per heavy atom. The first-order chi connectivity index (χ1) is 15.9. The summed E-state index contributed by atoms with van der Waals surface area (Å²) in [7, 11) is 3.87. The van der Waals surface area contributed by atoms with E-state index in [0.29, 0.717) is 41.1 Å². The Morgan fingerprint density at radius 1 is 1.03 bits per heavy atom. The molecule has 0 aliphatic heterocycles. The third-order valence-corrected chi connectivity index (χ3v) is 6.06. The van der Waals surface area contributed by atoms with Crippen LogP contribution in [0, 0.1) is 5.92 Å². The van der Waals surface area contributed by atoms with Crippen LogP contribution in [0.25, 0.3) is 11.1 Å². The molecule has 0 unspecified atom stereocenters. The van der Waals surface area contributed by atoms with Crippen LogP contribution in [-0.2, 0) is 11.3 Å². The lowest BCUT2D eigenvalue weighted by atomic mass is 9.88. The van der Waals surface area contributed by atoms with E-state index >= 15 is 0 Å². The standard InChI is InChI=1S/C25H30N4O4/c1-28(2)13-14-29-21-16-20(11-12-22(21)33-25(29)32)27-24(31)18-9-6-10-19(15-18)26-23(30)17-7-4-3-5-8-17/h6,9-12,15-17H,3-5,7-8,13-14H2,1-2H3,(H,26,30)(H,27,31). The summed E-state index contributed by atoms with van der Waals surface area (Å²) in [6, 6.07) is 12.0. The van der Waals surface area contributed by atoms with Crippen molar-refractivity contribution in [3.63, 3.8) is 0 Å². The summed E-state index contributed by atoms with van der Waals surface area (Å²) in [5, 5.41) is 5.83. The van der Waals surface area contributed by atoms with E-state index in [1.54, 1.807) is 47.0 Å². The number of hydrogen-bond donors (Lipinski definition) is 2. The molecular weight excluding hydrogens is 420 g/mol. The molecule has 0 bridgehead atoms. The molecule has 3 aromatic rings. The van der Waals surface area contributed by atoms with Gasteiger partial charge in [-0.1, -0.05) is 25.3 Å². The third kappa shape index (κ3) is 5.51. The van der Waals surface area contributed by atoms with Gasteiger partial charge in [0.05, 0.1) is 5.52 Å². The average molecular weight is 451 g/mol.